The van der Waals surface area contributed by atoms with Crippen LogP contribution in [0.2, 0.25) is 0 Å². The molecule has 0 heterocycles. The first-order chi connectivity index (χ1) is 10.6. The second-order valence-corrected chi connectivity index (χ2v) is 4.84. The molecule has 0 spiro atoms. The number of hydrogen-bond donors (Lipinski definition) is 2. The van der Waals surface area contributed by atoms with Crippen LogP contribution >= 0.6 is 0 Å². The summed E-state index contributed by atoms with van der Waals surface area (Å²) in [6, 6.07) is 15.9. The predicted molar refractivity (Wildman–Crippen MR) is 82.2 cm³/mol. The van der Waals surface area contributed by atoms with E-state index in [1.165, 1.54) is 0 Å². The smallest absolute Gasteiger partial charge is 0.341 e. The van der Waals surface area contributed by atoms with E-state index in [0.29, 0.717) is 17.7 Å². The third-order valence-corrected chi connectivity index (χ3v) is 3.18. The Hall–Kier alpha value is -2.37. The summed E-state index contributed by atoms with van der Waals surface area (Å²) in [6.45, 7) is 0. The molecule has 0 radical (unpaired) electrons. The molecule has 2 atom stereocenters. The summed E-state index contributed by atoms with van der Waals surface area (Å²) in [5, 5.41) is 9.94. The van der Waals surface area contributed by atoms with Crippen molar-refractivity contribution in [3.63, 3.8) is 0 Å². The highest BCUT2D eigenvalue weighted by atomic mass is 16.6. The molecule has 3 N–H and O–H groups in total. The van der Waals surface area contributed by atoms with Crippen LogP contribution in [0.4, 0.5) is 0 Å². The van der Waals surface area contributed by atoms with Gasteiger partial charge in [-0.15, -0.1) is 0 Å². The number of carbonyl (C=O) groups is 1. The molecule has 116 valence electrons. The number of rotatable bonds is 6. The van der Waals surface area contributed by atoms with Gasteiger partial charge >= 0.3 is 5.97 Å². The van der Waals surface area contributed by atoms with Crippen molar-refractivity contribution >= 4 is 5.97 Å². The van der Waals surface area contributed by atoms with Crippen molar-refractivity contribution in [1.29, 1.82) is 0 Å². The molecule has 0 aliphatic rings. The Morgan fingerprint density at radius 2 is 1.91 bits per heavy atom. The van der Waals surface area contributed by atoms with Crippen molar-refractivity contribution in [3.05, 3.63) is 65.7 Å². The lowest BCUT2D eigenvalue weighted by Gasteiger charge is -2.16. The molecule has 2 aromatic carbocycles. The van der Waals surface area contributed by atoms with Crippen LogP contribution in [0, 0.1) is 0 Å². The van der Waals surface area contributed by atoms with E-state index in [0.717, 1.165) is 5.56 Å². The van der Waals surface area contributed by atoms with Crippen LogP contribution in [0.3, 0.4) is 0 Å². The molecule has 0 aromatic heterocycles. The SMILES string of the molecule is COc1cccc(C[C@@H](N)OC(=O)[C@H](O)c2ccccc2)c1. The van der Waals surface area contributed by atoms with E-state index in [2.05, 4.69) is 0 Å². The highest BCUT2D eigenvalue weighted by Gasteiger charge is 2.21. The van der Waals surface area contributed by atoms with Crippen molar-refractivity contribution in [3.8, 4) is 5.75 Å². The second kappa shape index (κ2) is 7.59. The molecule has 22 heavy (non-hydrogen) atoms. The number of carbonyl (C=O) groups excluding carboxylic acids is 1. The fraction of sp³-hybridized carbons (Fsp3) is 0.235. The lowest BCUT2D eigenvalue weighted by atomic mass is 10.1. The summed E-state index contributed by atoms with van der Waals surface area (Å²) in [7, 11) is 1.58. The number of nitrogens with two attached hydrogens (primary N) is 1. The Labute approximate surface area is 129 Å². The molecular weight excluding hydrogens is 282 g/mol. The van der Waals surface area contributed by atoms with Crippen molar-refractivity contribution in [2.24, 2.45) is 5.73 Å². The van der Waals surface area contributed by atoms with Crippen LogP contribution in [0.1, 0.15) is 17.2 Å². The van der Waals surface area contributed by atoms with Crippen LogP contribution in [-0.4, -0.2) is 24.4 Å². The van der Waals surface area contributed by atoms with Crippen molar-refractivity contribution < 1.29 is 19.4 Å². The average Bonchev–Trinajstić information content (AvgIpc) is 2.55. The first-order valence-corrected chi connectivity index (χ1v) is 6.92. The van der Waals surface area contributed by atoms with Gasteiger partial charge in [-0.05, 0) is 23.3 Å². The molecule has 0 aliphatic heterocycles. The summed E-state index contributed by atoms with van der Waals surface area (Å²) < 4.78 is 10.2. The monoisotopic (exact) mass is 301 g/mol. The Morgan fingerprint density at radius 1 is 1.18 bits per heavy atom. The minimum absolute atomic E-state index is 0.338. The van der Waals surface area contributed by atoms with E-state index in [9.17, 15) is 9.90 Å². The number of aliphatic hydroxyl groups excluding tert-OH is 1. The molecule has 0 saturated carbocycles. The molecular formula is C17H19NO4. The number of benzene rings is 2. The maximum atomic E-state index is 11.9. The molecule has 0 saturated heterocycles. The molecule has 5 nitrogen and oxygen atoms in total. The van der Waals surface area contributed by atoms with Gasteiger partial charge in [0.1, 0.15) is 5.75 Å². The Balaban J connectivity index is 1.93. The van der Waals surface area contributed by atoms with Crippen molar-refractivity contribution in [2.75, 3.05) is 7.11 Å². The molecule has 0 unspecified atom stereocenters. The molecule has 0 amide bonds. The van der Waals surface area contributed by atoms with Gasteiger partial charge in [0.05, 0.1) is 7.11 Å². The third-order valence-electron chi connectivity index (χ3n) is 3.18. The third kappa shape index (κ3) is 4.31. The summed E-state index contributed by atoms with van der Waals surface area (Å²) in [4.78, 5) is 11.9. The summed E-state index contributed by atoms with van der Waals surface area (Å²) in [6.07, 6.45) is -1.83. The van der Waals surface area contributed by atoms with E-state index in [-0.39, 0.29) is 0 Å². The van der Waals surface area contributed by atoms with Crippen LogP contribution in [0.5, 0.6) is 5.75 Å². The van der Waals surface area contributed by atoms with Crippen molar-refractivity contribution in [2.45, 2.75) is 18.8 Å². The quantitative estimate of drug-likeness (QED) is 0.628. The standard InChI is InChI=1S/C17H19NO4/c1-21-14-9-5-6-12(10-14)11-15(18)22-17(20)16(19)13-7-3-2-4-8-13/h2-10,15-16,19H,11,18H2,1H3/t15-,16+/m0/s1. The first kappa shape index (κ1) is 16.0. The Bertz CT molecular complexity index is 615. The molecule has 0 bridgehead atoms. The van der Waals surface area contributed by atoms with Gasteiger partial charge in [-0.1, -0.05) is 42.5 Å². The zero-order chi connectivity index (χ0) is 15.9. The fourth-order valence-corrected chi connectivity index (χ4v) is 2.06. The topological polar surface area (TPSA) is 81.8 Å². The molecule has 2 rings (SSSR count). The summed E-state index contributed by atoms with van der Waals surface area (Å²) >= 11 is 0. The predicted octanol–water partition coefficient (Wildman–Crippen LogP) is 1.80. The lowest BCUT2D eigenvalue weighted by Crippen LogP contribution is -2.31. The van der Waals surface area contributed by atoms with Crippen molar-refractivity contribution in [1.82, 2.24) is 0 Å². The minimum atomic E-state index is -1.34. The van der Waals surface area contributed by atoms with Crippen LogP contribution < -0.4 is 10.5 Å². The van der Waals surface area contributed by atoms with Gasteiger partial charge < -0.3 is 14.6 Å². The van der Waals surface area contributed by atoms with Gasteiger partial charge in [-0.25, -0.2) is 4.79 Å². The van der Waals surface area contributed by atoms with Gasteiger partial charge in [0, 0.05) is 6.42 Å². The van der Waals surface area contributed by atoms with Crippen LogP contribution in [0.25, 0.3) is 0 Å². The first-order valence-electron chi connectivity index (χ1n) is 6.92. The van der Waals surface area contributed by atoms with Gasteiger partial charge in [-0.3, -0.25) is 5.73 Å². The van der Waals surface area contributed by atoms with Gasteiger partial charge in [0.25, 0.3) is 0 Å². The summed E-state index contributed by atoms with van der Waals surface area (Å²) in [5.41, 5.74) is 7.18. The zero-order valence-electron chi connectivity index (χ0n) is 12.3. The minimum Gasteiger partial charge on any atom is -0.497 e. The Morgan fingerprint density at radius 3 is 2.59 bits per heavy atom. The molecule has 2 aromatic rings. The number of methoxy groups -OCH3 is 1. The lowest BCUT2D eigenvalue weighted by molar-refractivity contribution is -0.159. The van der Waals surface area contributed by atoms with E-state index >= 15 is 0 Å². The number of aliphatic hydroxyl groups is 1. The average molecular weight is 301 g/mol. The fourth-order valence-electron chi connectivity index (χ4n) is 2.06. The van der Waals surface area contributed by atoms with Gasteiger partial charge in [-0.2, -0.15) is 0 Å². The number of esters is 1. The van der Waals surface area contributed by atoms with Gasteiger partial charge in [0.2, 0.25) is 0 Å². The number of ether oxygens (including phenoxy) is 2. The molecule has 0 aliphatic carbocycles. The normalized spacial score (nSPS) is 13.2. The van der Waals surface area contributed by atoms with Gasteiger partial charge in [0.15, 0.2) is 12.3 Å². The largest absolute Gasteiger partial charge is 0.497 e. The van der Waals surface area contributed by atoms with E-state index in [1.54, 1.807) is 37.4 Å². The molecule has 5 heteroatoms. The van der Waals surface area contributed by atoms with Crippen LogP contribution in [0.15, 0.2) is 54.6 Å². The van der Waals surface area contributed by atoms with E-state index < -0.39 is 18.3 Å². The maximum absolute atomic E-state index is 11.9. The zero-order valence-corrected chi connectivity index (χ0v) is 12.3. The maximum Gasteiger partial charge on any atom is 0.341 e. The highest BCUT2D eigenvalue weighted by Crippen LogP contribution is 2.16. The van der Waals surface area contributed by atoms with E-state index in [4.69, 9.17) is 15.2 Å². The number of hydrogen-bond acceptors (Lipinski definition) is 5. The second-order valence-electron chi connectivity index (χ2n) is 4.84. The summed E-state index contributed by atoms with van der Waals surface area (Å²) in [5.74, 6) is -0.0538. The highest BCUT2D eigenvalue weighted by molar-refractivity contribution is 5.76. The van der Waals surface area contributed by atoms with Crippen LogP contribution in [-0.2, 0) is 16.0 Å². The Kier molecular flexibility index (Phi) is 5.52. The molecule has 0 fully saturated rings. The van der Waals surface area contributed by atoms with E-state index in [1.807, 2.05) is 24.3 Å².